The maximum absolute atomic E-state index is 12.0. The molecular weight excluding hydrogens is 246 g/mol. The number of aromatic nitrogens is 2. The Bertz CT molecular complexity index is 620. The minimum absolute atomic E-state index is 0.153. The van der Waals surface area contributed by atoms with Gasteiger partial charge in [-0.05, 0) is 24.6 Å². The van der Waals surface area contributed by atoms with E-state index in [1.54, 1.807) is 18.5 Å². The molecule has 0 saturated carbocycles. The Balaban J connectivity index is 2.17. The molecule has 0 aromatic carbocycles. The van der Waals surface area contributed by atoms with E-state index in [0.29, 0.717) is 0 Å². The minimum Gasteiger partial charge on any atom is -0.480 e. The van der Waals surface area contributed by atoms with Crippen molar-refractivity contribution in [3.63, 3.8) is 0 Å². The summed E-state index contributed by atoms with van der Waals surface area (Å²) in [6.45, 7) is 1.48. The number of carboxylic acid groups (broad SMARTS) is 1. The number of aromatic amines is 1. The molecule has 0 radical (unpaired) electrons. The number of carbonyl (C=O) groups excluding carboxylic acids is 1. The molecule has 0 spiro atoms. The molecule has 0 aliphatic carbocycles. The molecule has 1 atom stereocenters. The van der Waals surface area contributed by atoms with Crippen LogP contribution in [0.3, 0.4) is 0 Å². The zero-order valence-electron chi connectivity index (χ0n) is 10.8. The molecule has 0 fully saturated rings. The molecule has 1 amide bonds. The number of carboxylic acids is 1. The molecular formula is C13H15N3O3. The summed E-state index contributed by atoms with van der Waals surface area (Å²) < 4.78 is 0. The lowest BCUT2D eigenvalue weighted by molar-refractivity contribution is -0.147. The third-order valence-electron chi connectivity index (χ3n) is 3.21. The van der Waals surface area contributed by atoms with Gasteiger partial charge in [0.2, 0.25) is 5.91 Å². The minimum atomic E-state index is -1.02. The fourth-order valence-corrected chi connectivity index (χ4v) is 1.83. The fraction of sp³-hybridized carbons (Fsp3) is 0.308. The number of likely N-dealkylation sites (N-methyl/N-ethyl adjacent to an activating group) is 1. The van der Waals surface area contributed by atoms with Crippen LogP contribution in [-0.2, 0) is 16.0 Å². The number of amides is 1. The van der Waals surface area contributed by atoms with Crippen molar-refractivity contribution >= 4 is 22.9 Å². The molecule has 0 aliphatic rings. The van der Waals surface area contributed by atoms with Crippen LogP contribution in [0.4, 0.5) is 0 Å². The number of nitrogens with zero attached hydrogens (tertiary/aromatic N) is 2. The Hall–Kier alpha value is -2.37. The van der Waals surface area contributed by atoms with E-state index in [4.69, 9.17) is 5.11 Å². The van der Waals surface area contributed by atoms with E-state index in [2.05, 4.69) is 9.97 Å². The monoisotopic (exact) mass is 261 g/mol. The van der Waals surface area contributed by atoms with Gasteiger partial charge in [0.05, 0.1) is 6.42 Å². The highest BCUT2D eigenvalue weighted by atomic mass is 16.4. The zero-order valence-corrected chi connectivity index (χ0v) is 10.8. The van der Waals surface area contributed by atoms with Gasteiger partial charge in [-0.3, -0.25) is 4.79 Å². The molecule has 0 bridgehead atoms. The average Bonchev–Trinajstić information content (AvgIpc) is 2.80. The normalized spacial score (nSPS) is 12.3. The topological polar surface area (TPSA) is 86.3 Å². The number of fused-ring (bicyclic) bond motifs is 1. The van der Waals surface area contributed by atoms with Crippen molar-refractivity contribution in [2.24, 2.45) is 0 Å². The lowest BCUT2D eigenvalue weighted by Crippen LogP contribution is -2.40. The number of hydrogen-bond acceptors (Lipinski definition) is 3. The second kappa shape index (κ2) is 5.09. The summed E-state index contributed by atoms with van der Waals surface area (Å²) in [5.74, 6) is -1.25. The third-order valence-corrected chi connectivity index (χ3v) is 3.21. The number of carbonyl (C=O) groups is 2. The van der Waals surface area contributed by atoms with E-state index in [0.717, 1.165) is 16.6 Å². The first kappa shape index (κ1) is 13.1. The van der Waals surface area contributed by atoms with Crippen molar-refractivity contribution in [3.8, 4) is 0 Å². The van der Waals surface area contributed by atoms with Gasteiger partial charge < -0.3 is 15.0 Å². The van der Waals surface area contributed by atoms with Gasteiger partial charge in [-0.2, -0.15) is 0 Å². The fourth-order valence-electron chi connectivity index (χ4n) is 1.83. The Morgan fingerprint density at radius 2 is 2.26 bits per heavy atom. The summed E-state index contributed by atoms with van der Waals surface area (Å²) in [5.41, 5.74) is 1.54. The highest BCUT2D eigenvalue weighted by Gasteiger charge is 2.22. The standard InChI is InChI=1S/C13H15N3O3/c1-8(13(18)19)16(2)11(17)6-9-7-15-12-10(9)4-3-5-14-12/h3-5,7-8H,6H2,1-2H3,(H,14,15)(H,18,19). The summed E-state index contributed by atoms with van der Waals surface area (Å²) in [4.78, 5) is 31.2. The van der Waals surface area contributed by atoms with Gasteiger partial charge in [-0.1, -0.05) is 0 Å². The molecule has 2 N–H and O–H groups in total. The smallest absolute Gasteiger partial charge is 0.326 e. The van der Waals surface area contributed by atoms with Crippen molar-refractivity contribution < 1.29 is 14.7 Å². The van der Waals surface area contributed by atoms with Crippen LogP contribution in [0, 0.1) is 0 Å². The molecule has 6 heteroatoms. The molecule has 2 aromatic heterocycles. The molecule has 6 nitrogen and oxygen atoms in total. The van der Waals surface area contributed by atoms with Gasteiger partial charge in [0.1, 0.15) is 11.7 Å². The van der Waals surface area contributed by atoms with Crippen LogP contribution in [0.5, 0.6) is 0 Å². The number of pyridine rings is 1. The quantitative estimate of drug-likeness (QED) is 0.860. The van der Waals surface area contributed by atoms with E-state index < -0.39 is 12.0 Å². The summed E-state index contributed by atoms with van der Waals surface area (Å²) >= 11 is 0. The van der Waals surface area contributed by atoms with Crippen LogP contribution in [0.1, 0.15) is 12.5 Å². The number of H-pyrrole nitrogens is 1. The lowest BCUT2D eigenvalue weighted by atomic mass is 10.1. The van der Waals surface area contributed by atoms with Gasteiger partial charge in [0.15, 0.2) is 0 Å². The maximum Gasteiger partial charge on any atom is 0.326 e. The Morgan fingerprint density at radius 1 is 1.53 bits per heavy atom. The molecule has 2 aromatic rings. The van der Waals surface area contributed by atoms with E-state index in [1.165, 1.54) is 18.9 Å². The number of rotatable bonds is 4. The first-order chi connectivity index (χ1) is 9.00. The van der Waals surface area contributed by atoms with Crippen molar-refractivity contribution in [2.45, 2.75) is 19.4 Å². The van der Waals surface area contributed by atoms with Crippen molar-refractivity contribution in [1.29, 1.82) is 0 Å². The third kappa shape index (κ3) is 2.57. The van der Waals surface area contributed by atoms with Crippen molar-refractivity contribution in [3.05, 3.63) is 30.1 Å². The summed E-state index contributed by atoms with van der Waals surface area (Å²) in [7, 11) is 1.49. The van der Waals surface area contributed by atoms with E-state index >= 15 is 0 Å². The number of nitrogens with one attached hydrogen (secondary N) is 1. The van der Waals surface area contributed by atoms with Crippen LogP contribution in [0.25, 0.3) is 11.0 Å². The van der Waals surface area contributed by atoms with Gasteiger partial charge >= 0.3 is 5.97 Å². The van der Waals surface area contributed by atoms with E-state index in [-0.39, 0.29) is 12.3 Å². The van der Waals surface area contributed by atoms with Gasteiger partial charge in [-0.15, -0.1) is 0 Å². The largest absolute Gasteiger partial charge is 0.480 e. The molecule has 2 rings (SSSR count). The van der Waals surface area contributed by atoms with Gasteiger partial charge in [-0.25, -0.2) is 9.78 Å². The van der Waals surface area contributed by atoms with Crippen LogP contribution < -0.4 is 0 Å². The summed E-state index contributed by atoms with van der Waals surface area (Å²) in [5, 5.41) is 9.77. The van der Waals surface area contributed by atoms with Crippen LogP contribution >= 0.6 is 0 Å². The average molecular weight is 261 g/mol. The van der Waals surface area contributed by atoms with Gasteiger partial charge in [0.25, 0.3) is 0 Å². The second-order valence-corrected chi connectivity index (χ2v) is 4.41. The highest BCUT2D eigenvalue weighted by molar-refractivity contribution is 5.89. The Kier molecular flexibility index (Phi) is 3.50. The first-order valence-corrected chi connectivity index (χ1v) is 5.90. The zero-order chi connectivity index (χ0) is 14.0. The predicted octanol–water partition coefficient (Wildman–Crippen LogP) is 1.04. The van der Waals surface area contributed by atoms with Crippen molar-refractivity contribution in [1.82, 2.24) is 14.9 Å². The maximum atomic E-state index is 12.0. The summed E-state index contributed by atoms with van der Waals surface area (Å²) in [6.07, 6.45) is 3.55. The predicted molar refractivity (Wildman–Crippen MR) is 69.7 cm³/mol. The summed E-state index contributed by atoms with van der Waals surface area (Å²) in [6, 6.07) is 2.84. The SMILES string of the molecule is CC(C(=O)O)N(C)C(=O)Cc1c[nH]c2ncccc12. The van der Waals surface area contributed by atoms with E-state index in [9.17, 15) is 9.59 Å². The Morgan fingerprint density at radius 3 is 2.95 bits per heavy atom. The number of hydrogen-bond donors (Lipinski definition) is 2. The molecule has 19 heavy (non-hydrogen) atoms. The van der Waals surface area contributed by atoms with E-state index in [1.807, 2.05) is 6.07 Å². The van der Waals surface area contributed by atoms with Crippen molar-refractivity contribution in [2.75, 3.05) is 7.05 Å². The van der Waals surface area contributed by atoms with Crippen LogP contribution in [-0.4, -0.2) is 44.9 Å². The van der Waals surface area contributed by atoms with Gasteiger partial charge in [0, 0.05) is 24.8 Å². The first-order valence-electron chi connectivity index (χ1n) is 5.90. The number of aliphatic carboxylic acids is 1. The second-order valence-electron chi connectivity index (χ2n) is 4.41. The van der Waals surface area contributed by atoms with Crippen LogP contribution in [0.15, 0.2) is 24.5 Å². The highest BCUT2D eigenvalue weighted by Crippen LogP contribution is 2.17. The molecule has 100 valence electrons. The molecule has 0 aliphatic heterocycles. The lowest BCUT2D eigenvalue weighted by Gasteiger charge is -2.21. The van der Waals surface area contributed by atoms with Crippen LogP contribution in [0.2, 0.25) is 0 Å². The molecule has 1 unspecified atom stereocenters. The molecule has 2 heterocycles. The molecule has 0 saturated heterocycles. The Labute approximate surface area is 110 Å².